The number of nitrogens with zero attached hydrogens (tertiary/aromatic N) is 2. The predicted octanol–water partition coefficient (Wildman–Crippen LogP) is 5.15. The molecule has 3 aromatic carbocycles. The van der Waals surface area contributed by atoms with Crippen molar-refractivity contribution in [3.8, 4) is 5.75 Å². The van der Waals surface area contributed by atoms with Gasteiger partial charge in [-0.1, -0.05) is 29.8 Å². The van der Waals surface area contributed by atoms with E-state index in [1.807, 2.05) is 6.08 Å². The minimum absolute atomic E-state index is 0.0282. The molecule has 1 N–H and O–H groups in total. The van der Waals surface area contributed by atoms with Crippen LogP contribution in [-0.2, 0) is 19.2 Å². The molecule has 232 valence electrons. The maximum Gasteiger partial charge on any atom is 0.238 e. The van der Waals surface area contributed by atoms with Crippen LogP contribution < -0.4 is 9.80 Å². The normalized spacial score (nSPS) is 26.9. The van der Waals surface area contributed by atoms with E-state index in [1.54, 1.807) is 73.7 Å². The Bertz CT molecular complexity index is 1890. The molecule has 0 bridgehead atoms. The second-order valence-corrected chi connectivity index (χ2v) is 12.8. The van der Waals surface area contributed by atoms with Gasteiger partial charge in [0.05, 0.1) is 35.0 Å². The standard InChI is InChI=1S/C37H32N2O7/c1-18-5-4-6-26(33(18)42)30-25-15-16-27-31(36(45)38(34(27)43)23-11-7-21(8-12-23)19(2)40)28(25)17-29-32(30)37(46)39(35(29)44)24-13-9-22(10-14-24)20(3)41/h4-15,27-32,42H,16-17H2,1-3H3. The SMILES string of the molecule is CC(=O)c1ccc(N2C(=O)C3CC=C4C(CC5C(=O)N(c6ccc(C(C)=O)cc6)C(=O)C5C4c4cccc(C)c4O)C3C2=O)cc1. The minimum Gasteiger partial charge on any atom is -0.507 e. The molecule has 0 aromatic heterocycles. The lowest BCUT2D eigenvalue weighted by molar-refractivity contribution is -0.126. The number of amides is 4. The largest absolute Gasteiger partial charge is 0.507 e. The van der Waals surface area contributed by atoms with Gasteiger partial charge in [0.1, 0.15) is 5.75 Å². The fourth-order valence-electron chi connectivity index (χ4n) is 8.07. The van der Waals surface area contributed by atoms with Crippen molar-refractivity contribution < 1.29 is 33.9 Å². The van der Waals surface area contributed by atoms with Crippen LogP contribution in [0, 0.1) is 36.5 Å². The number of fused-ring (bicyclic) bond motifs is 4. The number of allylic oxidation sites excluding steroid dienone is 2. The third-order valence-electron chi connectivity index (χ3n) is 10.3. The van der Waals surface area contributed by atoms with Crippen molar-refractivity contribution in [1.82, 2.24) is 0 Å². The molecule has 2 aliphatic carbocycles. The monoisotopic (exact) mass is 616 g/mol. The molecule has 3 fully saturated rings. The van der Waals surface area contributed by atoms with Crippen molar-refractivity contribution in [3.63, 3.8) is 0 Å². The third-order valence-corrected chi connectivity index (χ3v) is 10.3. The Balaban J connectivity index is 1.31. The van der Waals surface area contributed by atoms with Crippen LogP contribution in [0.2, 0.25) is 0 Å². The first-order valence-corrected chi connectivity index (χ1v) is 15.5. The molecular formula is C37H32N2O7. The molecule has 2 aliphatic heterocycles. The summed E-state index contributed by atoms with van der Waals surface area (Å²) in [7, 11) is 0. The van der Waals surface area contributed by atoms with E-state index in [1.165, 1.54) is 23.6 Å². The first-order valence-electron chi connectivity index (χ1n) is 15.5. The molecule has 6 unspecified atom stereocenters. The highest BCUT2D eigenvalue weighted by Crippen LogP contribution is 2.59. The molecule has 6 atom stereocenters. The number of benzene rings is 3. The minimum atomic E-state index is -0.825. The zero-order chi connectivity index (χ0) is 32.6. The zero-order valence-electron chi connectivity index (χ0n) is 25.6. The Labute approximate surface area is 265 Å². The first-order chi connectivity index (χ1) is 22.0. The van der Waals surface area contributed by atoms with E-state index in [-0.39, 0.29) is 42.0 Å². The van der Waals surface area contributed by atoms with Gasteiger partial charge in [-0.05, 0) is 93.6 Å². The van der Waals surface area contributed by atoms with E-state index in [9.17, 15) is 33.9 Å². The van der Waals surface area contributed by atoms with Crippen molar-refractivity contribution in [3.05, 3.63) is 101 Å². The average molecular weight is 617 g/mol. The van der Waals surface area contributed by atoms with Crippen molar-refractivity contribution in [2.75, 3.05) is 9.80 Å². The molecule has 3 aromatic rings. The number of imide groups is 2. The molecule has 9 heteroatoms. The second-order valence-electron chi connectivity index (χ2n) is 12.8. The molecule has 9 nitrogen and oxygen atoms in total. The zero-order valence-corrected chi connectivity index (χ0v) is 25.6. The maximum atomic E-state index is 14.3. The molecule has 46 heavy (non-hydrogen) atoms. The summed E-state index contributed by atoms with van der Waals surface area (Å²) in [6, 6.07) is 18.0. The summed E-state index contributed by atoms with van der Waals surface area (Å²) >= 11 is 0. The number of rotatable bonds is 5. The van der Waals surface area contributed by atoms with Gasteiger partial charge in [-0.15, -0.1) is 0 Å². The second kappa shape index (κ2) is 10.7. The van der Waals surface area contributed by atoms with Gasteiger partial charge in [-0.2, -0.15) is 0 Å². The third kappa shape index (κ3) is 4.29. The van der Waals surface area contributed by atoms with E-state index in [4.69, 9.17) is 0 Å². The van der Waals surface area contributed by atoms with Gasteiger partial charge in [0.2, 0.25) is 23.6 Å². The van der Waals surface area contributed by atoms with Gasteiger partial charge in [-0.3, -0.25) is 38.6 Å². The molecule has 2 heterocycles. The van der Waals surface area contributed by atoms with Gasteiger partial charge in [0.25, 0.3) is 0 Å². The number of hydrogen-bond acceptors (Lipinski definition) is 7. The van der Waals surface area contributed by atoms with Gasteiger partial charge < -0.3 is 5.11 Å². The number of aromatic hydroxyl groups is 1. The molecule has 4 aliphatic rings. The summed E-state index contributed by atoms with van der Waals surface area (Å²) in [6.07, 6.45) is 2.41. The number of ketones is 2. The lowest BCUT2D eigenvalue weighted by Gasteiger charge is -2.44. The fraction of sp³-hybridized carbons (Fsp3) is 0.297. The topological polar surface area (TPSA) is 129 Å². The maximum absolute atomic E-state index is 14.3. The van der Waals surface area contributed by atoms with Crippen molar-refractivity contribution in [2.24, 2.45) is 29.6 Å². The molecule has 0 spiro atoms. The molecule has 4 amide bonds. The van der Waals surface area contributed by atoms with Crippen LogP contribution in [-0.4, -0.2) is 40.3 Å². The number of phenolic OH excluding ortho intramolecular Hbond substituents is 1. The van der Waals surface area contributed by atoms with Crippen LogP contribution in [0.4, 0.5) is 11.4 Å². The summed E-state index contributed by atoms with van der Waals surface area (Å²) < 4.78 is 0. The summed E-state index contributed by atoms with van der Waals surface area (Å²) in [5.74, 6) is -5.96. The Morgan fingerprint density at radius 1 is 0.674 bits per heavy atom. The van der Waals surface area contributed by atoms with Crippen molar-refractivity contribution >= 4 is 46.6 Å². The molecular weight excluding hydrogens is 584 g/mol. The highest BCUT2D eigenvalue weighted by atomic mass is 16.3. The van der Waals surface area contributed by atoms with Crippen LogP contribution in [0.1, 0.15) is 64.4 Å². The lowest BCUT2D eigenvalue weighted by Crippen LogP contribution is -2.43. The number of aryl methyl sites for hydroxylation is 1. The van der Waals surface area contributed by atoms with Crippen molar-refractivity contribution in [1.29, 1.82) is 0 Å². The van der Waals surface area contributed by atoms with Crippen LogP contribution in [0.5, 0.6) is 5.75 Å². The molecule has 0 radical (unpaired) electrons. The average Bonchev–Trinajstić information content (AvgIpc) is 3.45. The van der Waals surface area contributed by atoms with Crippen molar-refractivity contribution in [2.45, 2.75) is 39.5 Å². The number of carbonyl (C=O) groups excluding carboxylic acids is 6. The lowest BCUT2D eigenvalue weighted by atomic mass is 9.57. The van der Waals surface area contributed by atoms with E-state index >= 15 is 0 Å². The number of Topliss-reactive ketones (excluding diaryl/α,β-unsaturated/α-hetero) is 2. The smallest absolute Gasteiger partial charge is 0.238 e. The molecule has 7 rings (SSSR count). The van der Waals surface area contributed by atoms with Crippen LogP contribution >= 0.6 is 0 Å². The summed E-state index contributed by atoms with van der Waals surface area (Å²) in [5.41, 5.74) is 3.56. The Morgan fingerprint density at radius 2 is 1.20 bits per heavy atom. The number of hydrogen-bond donors (Lipinski definition) is 1. The summed E-state index contributed by atoms with van der Waals surface area (Å²) in [4.78, 5) is 82.4. The number of para-hydroxylation sites is 1. The summed E-state index contributed by atoms with van der Waals surface area (Å²) in [6.45, 7) is 4.65. The van der Waals surface area contributed by atoms with Gasteiger partial charge in [-0.25, -0.2) is 0 Å². The highest BCUT2D eigenvalue weighted by Gasteiger charge is 2.62. The van der Waals surface area contributed by atoms with Crippen LogP contribution in [0.25, 0.3) is 0 Å². The van der Waals surface area contributed by atoms with E-state index in [0.29, 0.717) is 33.6 Å². The van der Waals surface area contributed by atoms with Gasteiger partial charge in [0.15, 0.2) is 11.6 Å². The number of phenols is 1. The van der Waals surface area contributed by atoms with Gasteiger partial charge >= 0.3 is 0 Å². The quantitative estimate of drug-likeness (QED) is 0.238. The van der Waals surface area contributed by atoms with Gasteiger partial charge in [0, 0.05) is 22.6 Å². The highest BCUT2D eigenvalue weighted by molar-refractivity contribution is 6.24. The molecule has 1 saturated carbocycles. The van der Waals surface area contributed by atoms with E-state index in [2.05, 4.69) is 0 Å². The Morgan fingerprint density at radius 3 is 1.74 bits per heavy atom. The molecule has 2 saturated heterocycles. The van der Waals surface area contributed by atoms with E-state index < -0.39 is 47.3 Å². The predicted molar refractivity (Wildman–Crippen MR) is 168 cm³/mol. The van der Waals surface area contributed by atoms with E-state index in [0.717, 1.165) is 5.57 Å². The van der Waals surface area contributed by atoms with Crippen LogP contribution in [0.15, 0.2) is 78.4 Å². The van der Waals surface area contributed by atoms with Crippen LogP contribution in [0.3, 0.4) is 0 Å². The first kappa shape index (κ1) is 29.5. The summed E-state index contributed by atoms with van der Waals surface area (Å²) in [5, 5.41) is 11.3. The Hall–Kier alpha value is -5.18. The fourth-order valence-corrected chi connectivity index (χ4v) is 8.07. The Kier molecular flexibility index (Phi) is 6.88. The number of carbonyl (C=O) groups is 6. The number of anilines is 2.